The highest BCUT2D eigenvalue weighted by Crippen LogP contribution is 2.31. The number of ketones is 1. The van der Waals surface area contributed by atoms with Gasteiger partial charge in [0.05, 0.1) is 23.2 Å². The van der Waals surface area contributed by atoms with Crippen LogP contribution in [0.5, 0.6) is 0 Å². The maximum atomic E-state index is 13.0. The summed E-state index contributed by atoms with van der Waals surface area (Å²) in [6.45, 7) is 11.0. The Kier molecular flexibility index (Phi) is 8.25. The summed E-state index contributed by atoms with van der Waals surface area (Å²) in [7, 11) is -2.57. The number of ether oxygens (including phenoxy) is 1. The summed E-state index contributed by atoms with van der Waals surface area (Å²) in [5.74, 6) is -1.48. The SMILES string of the molecule is COC(=O)c1cc(C(C)C)c(CC(=O)CS(=O)(=O)c2cccc(C(C)(C)O)c2)c(C(C)C)c1. The summed E-state index contributed by atoms with van der Waals surface area (Å²) in [6.07, 6.45) is -0.0487. The zero-order valence-corrected chi connectivity index (χ0v) is 21.2. The maximum Gasteiger partial charge on any atom is 0.337 e. The van der Waals surface area contributed by atoms with Gasteiger partial charge in [-0.1, -0.05) is 39.8 Å². The van der Waals surface area contributed by atoms with Gasteiger partial charge in [0.25, 0.3) is 0 Å². The highest BCUT2D eigenvalue weighted by Gasteiger charge is 2.26. The van der Waals surface area contributed by atoms with Crippen molar-refractivity contribution < 1.29 is 27.9 Å². The van der Waals surface area contributed by atoms with Gasteiger partial charge in [-0.25, -0.2) is 13.2 Å². The molecule has 2 aromatic rings. The predicted octanol–water partition coefficient (Wildman–Crippen LogP) is 4.53. The van der Waals surface area contributed by atoms with Crippen LogP contribution in [0.1, 0.15) is 86.0 Å². The van der Waals surface area contributed by atoms with Crippen molar-refractivity contribution in [1.29, 1.82) is 0 Å². The van der Waals surface area contributed by atoms with Crippen molar-refractivity contribution in [2.24, 2.45) is 0 Å². The van der Waals surface area contributed by atoms with E-state index in [9.17, 15) is 23.1 Å². The molecule has 0 aliphatic rings. The Morgan fingerprint density at radius 1 is 1.00 bits per heavy atom. The third kappa shape index (κ3) is 6.51. The highest BCUT2D eigenvalue weighted by molar-refractivity contribution is 7.92. The Bertz CT molecular complexity index is 1110. The Balaban J connectivity index is 2.43. The van der Waals surface area contributed by atoms with Crippen LogP contribution < -0.4 is 0 Å². The minimum atomic E-state index is -3.89. The lowest BCUT2D eigenvalue weighted by atomic mass is 9.84. The molecular formula is C26H34O6S. The van der Waals surface area contributed by atoms with Crippen molar-refractivity contribution in [2.75, 3.05) is 12.9 Å². The van der Waals surface area contributed by atoms with Crippen LogP contribution in [0.2, 0.25) is 0 Å². The first-order valence-electron chi connectivity index (χ1n) is 11.0. The van der Waals surface area contributed by atoms with Crippen LogP contribution in [0.25, 0.3) is 0 Å². The van der Waals surface area contributed by atoms with Crippen LogP contribution >= 0.6 is 0 Å². The number of esters is 1. The summed E-state index contributed by atoms with van der Waals surface area (Å²) in [6, 6.07) is 9.50. The smallest absolute Gasteiger partial charge is 0.337 e. The van der Waals surface area contributed by atoms with Gasteiger partial charge in [-0.15, -0.1) is 0 Å². The van der Waals surface area contributed by atoms with E-state index in [1.54, 1.807) is 38.1 Å². The normalized spacial score (nSPS) is 12.3. The fourth-order valence-corrected chi connectivity index (χ4v) is 5.09. The molecule has 0 radical (unpaired) electrons. The van der Waals surface area contributed by atoms with E-state index >= 15 is 0 Å². The molecule has 7 heteroatoms. The molecule has 0 bridgehead atoms. The molecule has 2 rings (SSSR count). The van der Waals surface area contributed by atoms with Crippen molar-refractivity contribution in [3.63, 3.8) is 0 Å². The Hall–Kier alpha value is -2.51. The van der Waals surface area contributed by atoms with Gasteiger partial charge in [-0.05, 0) is 72.2 Å². The standard InChI is InChI=1S/C26H34O6S/c1-16(2)22-11-18(25(28)32-7)12-23(17(3)4)24(22)14-20(27)15-33(30,31)21-10-8-9-19(13-21)26(5,6)29/h8-13,16-17,29H,14-15H2,1-7H3. The van der Waals surface area contributed by atoms with Gasteiger partial charge in [0.15, 0.2) is 15.6 Å². The molecule has 0 spiro atoms. The predicted molar refractivity (Wildman–Crippen MR) is 128 cm³/mol. The minimum absolute atomic E-state index is 0.00433. The number of hydrogen-bond acceptors (Lipinski definition) is 6. The Morgan fingerprint density at radius 3 is 2.00 bits per heavy atom. The zero-order valence-electron chi connectivity index (χ0n) is 20.4. The first-order chi connectivity index (χ1) is 15.2. The van der Waals surface area contributed by atoms with Crippen LogP contribution in [0.4, 0.5) is 0 Å². The Morgan fingerprint density at radius 2 is 1.55 bits per heavy atom. The first kappa shape index (κ1) is 26.7. The number of methoxy groups -OCH3 is 1. The summed E-state index contributed by atoms with van der Waals surface area (Å²) in [4.78, 5) is 25.1. The molecular weight excluding hydrogens is 440 g/mol. The number of carbonyl (C=O) groups excluding carboxylic acids is 2. The summed E-state index contributed by atoms with van der Waals surface area (Å²) < 4.78 is 30.8. The third-order valence-electron chi connectivity index (χ3n) is 5.61. The first-order valence-corrected chi connectivity index (χ1v) is 12.6. The average Bonchev–Trinajstić information content (AvgIpc) is 2.71. The highest BCUT2D eigenvalue weighted by atomic mass is 32.2. The van der Waals surface area contributed by atoms with E-state index in [-0.39, 0.29) is 23.2 Å². The number of benzene rings is 2. The molecule has 0 saturated carbocycles. The van der Waals surface area contributed by atoms with E-state index < -0.39 is 32.9 Å². The third-order valence-corrected chi connectivity index (χ3v) is 7.28. The molecule has 0 aromatic heterocycles. The zero-order chi connectivity index (χ0) is 25.1. The van der Waals surface area contributed by atoms with Gasteiger partial charge >= 0.3 is 5.97 Å². The van der Waals surface area contributed by atoms with Gasteiger partial charge in [0.2, 0.25) is 0 Å². The molecule has 1 N–H and O–H groups in total. The van der Waals surface area contributed by atoms with E-state index in [1.807, 2.05) is 27.7 Å². The van der Waals surface area contributed by atoms with Crippen molar-refractivity contribution in [1.82, 2.24) is 0 Å². The molecule has 2 aromatic carbocycles. The molecule has 0 amide bonds. The number of sulfone groups is 1. The summed E-state index contributed by atoms with van der Waals surface area (Å²) >= 11 is 0. The largest absolute Gasteiger partial charge is 0.465 e. The van der Waals surface area contributed by atoms with Crippen molar-refractivity contribution in [2.45, 2.75) is 70.3 Å². The van der Waals surface area contributed by atoms with Crippen LogP contribution in [0.3, 0.4) is 0 Å². The van der Waals surface area contributed by atoms with Crippen molar-refractivity contribution >= 4 is 21.6 Å². The van der Waals surface area contributed by atoms with Crippen molar-refractivity contribution in [3.8, 4) is 0 Å². The van der Waals surface area contributed by atoms with Gasteiger partial charge in [0.1, 0.15) is 5.75 Å². The molecule has 0 aliphatic carbocycles. The second-order valence-corrected chi connectivity index (χ2v) is 11.5. The molecule has 0 saturated heterocycles. The number of rotatable bonds is 9. The quantitative estimate of drug-likeness (QED) is 0.536. The molecule has 0 heterocycles. The topological polar surface area (TPSA) is 97.7 Å². The van der Waals surface area contributed by atoms with Gasteiger partial charge in [-0.3, -0.25) is 4.79 Å². The van der Waals surface area contributed by atoms with E-state index in [1.165, 1.54) is 19.2 Å². The molecule has 0 aliphatic heterocycles. The molecule has 33 heavy (non-hydrogen) atoms. The van der Waals surface area contributed by atoms with Crippen LogP contribution in [0, 0.1) is 0 Å². The van der Waals surface area contributed by atoms with Crippen molar-refractivity contribution in [3.05, 3.63) is 64.2 Å². The lowest BCUT2D eigenvalue weighted by Gasteiger charge is -2.21. The van der Waals surface area contributed by atoms with E-state index in [4.69, 9.17) is 4.74 Å². The number of hydrogen-bond donors (Lipinski definition) is 1. The van der Waals surface area contributed by atoms with Crippen LogP contribution in [0.15, 0.2) is 41.3 Å². The van der Waals surface area contributed by atoms with Gasteiger partial charge < -0.3 is 9.84 Å². The molecule has 0 atom stereocenters. The van der Waals surface area contributed by atoms with Gasteiger partial charge in [0, 0.05) is 6.42 Å². The van der Waals surface area contributed by atoms with E-state index in [0.717, 1.165) is 16.7 Å². The summed E-state index contributed by atoms with van der Waals surface area (Å²) in [5, 5.41) is 10.2. The van der Waals surface area contributed by atoms with E-state index in [0.29, 0.717) is 11.1 Å². The lowest BCUT2D eigenvalue weighted by molar-refractivity contribution is -0.116. The number of Topliss-reactive ketones (excluding diaryl/α,β-unsaturated/α-hetero) is 1. The monoisotopic (exact) mass is 474 g/mol. The average molecular weight is 475 g/mol. The summed E-state index contributed by atoms with van der Waals surface area (Å²) in [5.41, 5.74) is 2.09. The second-order valence-electron chi connectivity index (χ2n) is 9.50. The maximum absolute atomic E-state index is 13.0. The molecule has 180 valence electrons. The minimum Gasteiger partial charge on any atom is -0.465 e. The number of carbonyl (C=O) groups is 2. The Labute approximate surface area is 196 Å². The number of aliphatic hydroxyl groups is 1. The van der Waals surface area contributed by atoms with E-state index in [2.05, 4.69) is 0 Å². The fraction of sp³-hybridized carbons (Fsp3) is 0.462. The fourth-order valence-electron chi connectivity index (χ4n) is 3.80. The van der Waals surface area contributed by atoms with Crippen LogP contribution in [-0.4, -0.2) is 38.1 Å². The lowest BCUT2D eigenvalue weighted by Crippen LogP contribution is -2.21. The molecule has 0 unspecified atom stereocenters. The van der Waals surface area contributed by atoms with Crippen LogP contribution in [-0.2, 0) is 31.4 Å². The molecule has 0 fully saturated rings. The second kappa shape index (κ2) is 10.2. The molecule has 6 nitrogen and oxygen atoms in total. The van der Waals surface area contributed by atoms with Gasteiger partial charge in [-0.2, -0.15) is 0 Å².